The highest BCUT2D eigenvalue weighted by molar-refractivity contribution is 7.10. The Morgan fingerprint density at radius 1 is 1.28 bits per heavy atom. The molecule has 2 N–H and O–H groups in total. The third-order valence-corrected chi connectivity index (χ3v) is 3.52. The predicted octanol–water partition coefficient (Wildman–Crippen LogP) is 3.28. The lowest BCUT2D eigenvalue weighted by atomic mass is 10.3. The number of nitrogens with one attached hydrogen (secondary N) is 2. The maximum Gasteiger partial charge on any atom is 0.131 e. The minimum atomic E-state index is 0.368. The lowest BCUT2D eigenvalue weighted by Gasteiger charge is -2.10. The number of hydrogen-bond acceptors (Lipinski definition) is 5. The average Bonchev–Trinajstić information content (AvgIpc) is 2.72. The number of aryl methyl sites for hydroxylation is 1. The fourth-order valence-corrected chi connectivity index (χ4v) is 2.43. The molecule has 5 heteroatoms. The fraction of sp³-hybridized carbons (Fsp3) is 0.385. The summed E-state index contributed by atoms with van der Waals surface area (Å²) in [5.41, 5.74) is 1.32. The van der Waals surface area contributed by atoms with E-state index in [4.69, 9.17) is 0 Å². The van der Waals surface area contributed by atoms with E-state index in [0.29, 0.717) is 6.04 Å². The van der Waals surface area contributed by atoms with Crippen LogP contribution < -0.4 is 10.6 Å². The monoisotopic (exact) mass is 262 g/mol. The second-order valence-corrected chi connectivity index (χ2v) is 5.47. The maximum absolute atomic E-state index is 4.22. The summed E-state index contributed by atoms with van der Waals surface area (Å²) < 4.78 is 0. The molecule has 0 aliphatic heterocycles. The van der Waals surface area contributed by atoms with Crippen LogP contribution >= 0.6 is 11.3 Å². The summed E-state index contributed by atoms with van der Waals surface area (Å²) in [6.07, 6.45) is 1.58. The van der Waals surface area contributed by atoms with Gasteiger partial charge in [-0.25, -0.2) is 9.97 Å². The molecule has 0 aromatic carbocycles. The molecule has 0 atom stereocenters. The molecule has 0 bridgehead atoms. The zero-order valence-corrected chi connectivity index (χ0v) is 11.7. The molecule has 96 valence electrons. The van der Waals surface area contributed by atoms with E-state index in [2.05, 4.69) is 52.8 Å². The minimum absolute atomic E-state index is 0.368. The number of rotatable bonds is 5. The molecule has 4 nitrogen and oxygen atoms in total. The number of aromatic nitrogens is 2. The first kappa shape index (κ1) is 12.8. The third-order valence-electron chi connectivity index (χ3n) is 2.50. The largest absolute Gasteiger partial charge is 0.368 e. The Kier molecular flexibility index (Phi) is 4.15. The smallest absolute Gasteiger partial charge is 0.131 e. The summed E-state index contributed by atoms with van der Waals surface area (Å²) in [7, 11) is 0. The first-order valence-corrected chi connectivity index (χ1v) is 6.88. The van der Waals surface area contributed by atoms with E-state index in [9.17, 15) is 0 Å². The molecule has 2 aromatic heterocycles. The molecule has 0 saturated carbocycles. The summed E-state index contributed by atoms with van der Waals surface area (Å²) in [4.78, 5) is 9.74. The predicted molar refractivity (Wildman–Crippen MR) is 77.2 cm³/mol. The Hall–Kier alpha value is -1.62. The van der Waals surface area contributed by atoms with Crippen molar-refractivity contribution >= 4 is 23.0 Å². The minimum Gasteiger partial charge on any atom is -0.368 e. The lowest BCUT2D eigenvalue weighted by molar-refractivity contribution is 0.886. The molecule has 0 fully saturated rings. The Labute approximate surface area is 111 Å². The van der Waals surface area contributed by atoms with Gasteiger partial charge in [0.2, 0.25) is 0 Å². The Bertz CT molecular complexity index is 507. The molecule has 0 aliphatic carbocycles. The van der Waals surface area contributed by atoms with Crippen LogP contribution in [0.3, 0.4) is 0 Å². The van der Waals surface area contributed by atoms with E-state index in [0.717, 1.165) is 18.2 Å². The van der Waals surface area contributed by atoms with Crippen molar-refractivity contribution in [2.45, 2.75) is 33.4 Å². The van der Waals surface area contributed by atoms with Crippen molar-refractivity contribution in [3.8, 4) is 0 Å². The van der Waals surface area contributed by atoms with Crippen molar-refractivity contribution in [3.05, 3.63) is 34.3 Å². The standard InChI is InChI=1S/C13H18N4S/c1-9(2)17-13-6-12(15-8-16-13)14-7-11-10(3)4-5-18-11/h4-6,8-9H,7H2,1-3H3,(H2,14,15,16,17). The molecule has 0 spiro atoms. The maximum atomic E-state index is 4.22. The van der Waals surface area contributed by atoms with Crippen LogP contribution in [0, 0.1) is 6.92 Å². The van der Waals surface area contributed by atoms with Crippen molar-refractivity contribution < 1.29 is 0 Å². The topological polar surface area (TPSA) is 49.8 Å². The molecule has 2 heterocycles. The van der Waals surface area contributed by atoms with Gasteiger partial charge in [-0.3, -0.25) is 0 Å². The second-order valence-electron chi connectivity index (χ2n) is 4.47. The van der Waals surface area contributed by atoms with Gasteiger partial charge in [0.15, 0.2) is 0 Å². The number of hydrogen-bond donors (Lipinski definition) is 2. The van der Waals surface area contributed by atoms with Crippen LogP contribution in [0.5, 0.6) is 0 Å². The highest BCUT2D eigenvalue weighted by atomic mass is 32.1. The SMILES string of the molecule is Cc1ccsc1CNc1cc(NC(C)C)ncn1. The molecule has 2 aromatic rings. The Morgan fingerprint density at radius 3 is 2.72 bits per heavy atom. The second kappa shape index (κ2) is 5.82. The van der Waals surface area contributed by atoms with Gasteiger partial charge in [0, 0.05) is 17.0 Å². The first-order valence-electron chi connectivity index (χ1n) is 6.00. The number of nitrogens with zero attached hydrogens (tertiary/aromatic N) is 2. The van der Waals surface area contributed by atoms with Gasteiger partial charge < -0.3 is 10.6 Å². The van der Waals surface area contributed by atoms with Crippen LogP contribution in [0.1, 0.15) is 24.3 Å². The molecule has 18 heavy (non-hydrogen) atoms. The average molecular weight is 262 g/mol. The Morgan fingerprint density at radius 2 is 2.06 bits per heavy atom. The van der Waals surface area contributed by atoms with E-state index in [-0.39, 0.29) is 0 Å². The van der Waals surface area contributed by atoms with Gasteiger partial charge in [0.05, 0.1) is 6.54 Å². The van der Waals surface area contributed by atoms with Gasteiger partial charge >= 0.3 is 0 Å². The summed E-state index contributed by atoms with van der Waals surface area (Å²) >= 11 is 1.76. The van der Waals surface area contributed by atoms with Gasteiger partial charge in [-0.2, -0.15) is 0 Å². The van der Waals surface area contributed by atoms with Crippen LogP contribution in [0.25, 0.3) is 0 Å². The van der Waals surface area contributed by atoms with Gasteiger partial charge in [0.25, 0.3) is 0 Å². The first-order chi connectivity index (χ1) is 8.65. The summed E-state index contributed by atoms with van der Waals surface area (Å²) in [5.74, 6) is 1.70. The van der Waals surface area contributed by atoms with E-state index < -0.39 is 0 Å². The molecule has 0 saturated heterocycles. The van der Waals surface area contributed by atoms with Crippen molar-refractivity contribution in [1.82, 2.24) is 9.97 Å². The number of anilines is 2. The van der Waals surface area contributed by atoms with E-state index in [1.165, 1.54) is 10.4 Å². The van der Waals surface area contributed by atoms with Gasteiger partial charge in [-0.15, -0.1) is 11.3 Å². The molecule has 0 amide bonds. The summed E-state index contributed by atoms with van der Waals surface area (Å²) in [6, 6.07) is 4.43. The molecule has 0 radical (unpaired) electrons. The molecular formula is C13H18N4S. The van der Waals surface area contributed by atoms with Gasteiger partial charge in [-0.1, -0.05) is 0 Å². The van der Waals surface area contributed by atoms with Crippen molar-refractivity contribution in [2.24, 2.45) is 0 Å². The van der Waals surface area contributed by atoms with E-state index in [1.54, 1.807) is 17.7 Å². The quantitative estimate of drug-likeness (QED) is 0.868. The molecular weight excluding hydrogens is 244 g/mol. The zero-order valence-electron chi connectivity index (χ0n) is 10.9. The fourth-order valence-electron chi connectivity index (χ4n) is 1.58. The van der Waals surface area contributed by atoms with Crippen LogP contribution in [0.2, 0.25) is 0 Å². The van der Waals surface area contributed by atoms with E-state index in [1.807, 2.05) is 6.07 Å². The lowest BCUT2D eigenvalue weighted by Crippen LogP contribution is -2.11. The van der Waals surface area contributed by atoms with Crippen molar-refractivity contribution in [3.63, 3.8) is 0 Å². The third kappa shape index (κ3) is 3.43. The van der Waals surface area contributed by atoms with Crippen LogP contribution in [-0.4, -0.2) is 16.0 Å². The normalized spacial score (nSPS) is 10.7. The molecule has 2 rings (SSSR count). The summed E-state index contributed by atoms with van der Waals surface area (Å²) in [6.45, 7) is 7.11. The van der Waals surface area contributed by atoms with Crippen LogP contribution in [0.15, 0.2) is 23.8 Å². The highest BCUT2D eigenvalue weighted by Gasteiger charge is 2.02. The van der Waals surface area contributed by atoms with Gasteiger partial charge in [0.1, 0.15) is 18.0 Å². The number of thiophene rings is 1. The Balaban J connectivity index is 1.99. The van der Waals surface area contributed by atoms with Crippen LogP contribution in [-0.2, 0) is 6.54 Å². The van der Waals surface area contributed by atoms with E-state index >= 15 is 0 Å². The molecule has 0 aliphatic rings. The van der Waals surface area contributed by atoms with Gasteiger partial charge in [-0.05, 0) is 37.8 Å². The van der Waals surface area contributed by atoms with Crippen molar-refractivity contribution in [1.29, 1.82) is 0 Å². The van der Waals surface area contributed by atoms with Crippen LogP contribution in [0.4, 0.5) is 11.6 Å². The van der Waals surface area contributed by atoms with Crippen molar-refractivity contribution in [2.75, 3.05) is 10.6 Å². The zero-order chi connectivity index (χ0) is 13.0. The highest BCUT2D eigenvalue weighted by Crippen LogP contribution is 2.17. The molecule has 0 unspecified atom stereocenters. The summed E-state index contributed by atoms with van der Waals surface area (Å²) in [5, 5.41) is 8.69.